The highest BCUT2D eigenvalue weighted by Gasteiger charge is 2.48. The van der Waals surface area contributed by atoms with Crippen molar-refractivity contribution in [1.29, 1.82) is 0 Å². The zero-order valence-electron chi connectivity index (χ0n) is 23.9. The molecule has 0 radical (unpaired) electrons. The fourth-order valence-corrected chi connectivity index (χ4v) is 11.0. The van der Waals surface area contributed by atoms with E-state index in [0.717, 1.165) is 11.4 Å². The minimum atomic E-state index is -3.97. The highest BCUT2D eigenvalue weighted by Crippen LogP contribution is 2.65. The van der Waals surface area contributed by atoms with E-state index in [1.54, 1.807) is 9.13 Å². The normalized spacial score (nSPS) is 34.5. The average Bonchev–Trinajstić information content (AvgIpc) is 3.75. The van der Waals surface area contributed by atoms with Crippen LogP contribution in [0.2, 0.25) is 0 Å². The van der Waals surface area contributed by atoms with Gasteiger partial charge in [-0.2, -0.15) is 0 Å². The third-order valence-corrected chi connectivity index (χ3v) is 13.4. The predicted octanol–water partition coefficient (Wildman–Crippen LogP) is 3.51. The molecular formula is C23H30N10O8P2S2. The van der Waals surface area contributed by atoms with Crippen LogP contribution in [-0.2, 0) is 36.7 Å². The predicted molar refractivity (Wildman–Crippen MR) is 165 cm³/mol. The van der Waals surface area contributed by atoms with Crippen LogP contribution in [-0.4, -0.2) is 81.9 Å². The van der Waals surface area contributed by atoms with Crippen LogP contribution in [0.15, 0.2) is 25.3 Å². The number of hydrogen-bond donors (Lipinski definition) is 3. The van der Waals surface area contributed by atoms with Crippen molar-refractivity contribution in [1.82, 2.24) is 39.0 Å². The summed E-state index contributed by atoms with van der Waals surface area (Å²) in [6.07, 6.45) is 1.51. The lowest BCUT2D eigenvalue weighted by Crippen LogP contribution is -2.32. The SMILES string of the molecule is CC(C)SP1(=O)OC[C@H]2O[C@@H](n3cnc4c(N)ncnc43)C[C@@H]2OP(=O)(S)OCC2O[C@@H](n3cnc4c(N)ncnc43)C[C@@H]2O1. The van der Waals surface area contributed by atoms with Crippen LogP contribution in [0.25, 0.3) is 22.3 Å². The first kappa shape index (κ1) is 31.2. The number of anilines is 2. The van der Waals surface area contributed by atoms with E-state index in [1.165, 1.54) is 25.3 Å². The van der Waals surface area contributed by atoms with E-state index in [0.29, 0.717) is 22.3 Å². The third kappa shape index (κ3) is 6.20. The van der Waals surface area contributed by atoms with Gasteiger partial charge in [-0.15, -0.1) is 0 Å². The molecule has 22 heteroatoms. The van der Waals surface area contributed by atoms with E-state index in [-0.39, 0.29) is 42.9 Å². The molecule has 4 aromatic heterocycles. The number of ether oxygens (including phenoxy) is 2. The van der Waals surface area contributed by atoms with E-state index in [2.05, 4.69) is 42.2 Å². The Bertz CT molecular complexity index is 1830. The Morgan fingerprint density at radius 2 is 1.31 bits per heavy atom. The number of thiol groups is 1. The first-order valence-electron chi connectivity index (χ1n) is 13.9. The summed E-state index contributed by atoms with van der Waals surface area (Å²) in [6.45, 7) is -4.50. The summed E-state index contributed by atoms with van der Waals surface area (Å²) in [5.41, 5.74) is 13.6. The van der Waals surface area contributed by atoms with Crippen molar-refractivity contribution in [3.63, 3.8) is 0 Å². The third-order valence-electron chi connectivity index (χ3n) is 7.43. The second kappa shape index (κ2) is 12.0. The molecule has 4 N–H and O–H groups in total. The second-order valence-corrected chi connectivity index (χ2v) is 18.2. The Hall–Kier alpha value is -2.38. The molecule has 0 aromatic carbocycles. The molecule has 4 aromatic rings. The molecule has 3 unspecified atom stereocenters. The Balaban J connectivity index is 1.16. The molecule has 0 spiro atoms. The maximum atomic E-state index is 14.3. The molecule has 0 aliphatic carbocycles. The van der Waals surface area contributed by atoms with E-state index in [1.807, 2.05) is 13.8 Å². The van der Waals surface area contributed by atoms with Gasteiger partial charge in [-0.1, -0.05) is 26.1 Å². The summed E-state index contributed by atoms with van der Waals surface area (Å²) >= 11 is 5.31. The molecule has 3 aliphatic heterocycles. The lowest BCUT2D eigenvalue weighted by Gasteiger charge is -2.29. The van der Waals surface area contributed by atoms with Crippen LogP contribution in [0.3, 0.4) is 0 Å². The zero-order chi connectivity index (χ0) is 31.5. The van der Waals surface area contributed by atoms with E-state index in [9.17, 15) is 9.13 Å². The maximum Gasteiger partial charge on any atom is 0.389 e. The summed E-state index contributed by atoms with van der Waals surface area (Å²) in [4.78, 5) is 25.1. The standard InChI is InChI=1S/C23H30N10O8P2S2/c1-11(2)45-43(35)37-6-15-12(3-16(39-15)32-9-30-18-20(24)26-7-28-22(18)32)40-42(34,44)36-5-14-13(41-43)4-17(38-14)33-10-31-19-21(25)27-8-29-23(19)33/h7-17H,3-6H2,1-2H3,(H,34,44)(H2,24,26,28)(H2,25,27,29)/t12-,13-,14?,15+,16+,17+,42?,43?/m0/s1. The number of imidazole rings is 2. The molecule has 18 nitrogen and oxygen atoms in total. The van der Waals surface area contributed by atoms with Gasteiger partial charge < -0.3 is 20.9 Å². The molecule has 0 amide bonds. The molecule has 242 valence electrons. The molecule has 7 rings (SSSR count). The zero-order valence-corrected chi connectivity index (χ0v) is 27.4. The van der Waals surface area contributed by atoms with Gasteiger partial charge in [-0.05, 0) is 11.4 Å². The van der Waals surface area contributed by atoms with Gasteiger partial charge in [-0.3, -0.25) is 27.2 Å². The molecule has 3 saturated heterocycles. The van der Waals surface area contributed by atoms with Crippen LogP contribution < -0.4 is 11.5 Å². The topological polar surface area (TPSA) is 229 Å². The lowest BCUT2D eigenvalue weighted by molar-refractivity contribution is -0.0535. The van der Waals surface area contributed by atoms with Crippen LogP contribution in [0.5, 0.6) is 0 Å². The lowest BCUT2D eigenvalue weighted by atomic mass is 10.2. The molecule has 7 heterocycles. The van der Waals surface area contributed by atoms with Crippen LogP contribution in [0, 0.1) is 0 Å². The number of nitrogens with zero attached hydrogens (tertiary/aromatic N) is 8. The number of nitrogen functional groups attached to an aromatic ring is 2. The van der Waals surface area contributed by atoms with Crippen molar-refractivity contribution >= 4 is 71.2 Å². The summed E-state index contributed by atoms with van der Waals surface area (Å²) < 4.78 is 67.6. The number of fused-ring (bicyclic) bond motifs is 4. The molecular weight excluding hydrogens is 670 g/mol. The highest BCUT2D eigenvalue weighted by molar-refractivity contribution is 8.55. The summed E-state index contributed by atoms with van der Waals surface area (Å²) in [5, 5.41) is -0.113. The molecule has 0 bridgehead atoms. The average molecular weight is 701 g/mol. The van der Waals surface area contributed by atoms with Crippen molar-refractivity contribution in [2.24, 2.45) is 0 Å². The van der Waals surface area contributed by atoms with Crippen LogP contribution in [0.1, 0.15) is 39.1 Å². The number of hydrogen-bond acceptors (Lipinski definition) is 17. The smallest absolute Gasteiger partial charge is 0.382 e. The van der Waals surface area contributed by atoms with Crippen molar-refractivity contribution in [2.75, 3.05) is 24.7 Å². The number of nitrogens with two attached hydrogens (primary N) is 2. The minimum absolute atomic E-state index is 0.113. The highest BCUT2D eigenvalue weighted by atomic mass is 32.7. The van der Waals surface area contributed by atoms with Crippen molar-refractivity contribution < 1.29 is 36.7 Å². The Morgan fingerprint density at radius 3 is 1.84 bits per heavy atom. The van der Waals surface area contributed by atoms with Gasteiger partial charge in [0.25, 0.3) is 0 Å². The first-order valence-corrected chi connectivity index (χ1v) is 19.6. The monoisotopic (exact) mass is 700 g/mol. The van der Waals surface area contributed by atoms with Gasteiger partial charge in [0.15, 0.2) is 22.9 Å². The first-order chi connectivity index (χ1) is 21.5. The van der Waals surface area contributed by atoms with E-state index in [4.69, 9.17) is 39.0 Å². The Labute approximate surface area is 265 Å². The van der Waals surface area contributed by atoms with Gasteiger partial charge in [0.2, 0.25) is 0 Å². The van der Waals surface area contributed by atoms with E-state index >= 15 is 0 Å². The Kier molecular flexibility index (Phi) is 8.33. The molecule has 45 heavy (non-hydrogen) atoms. The van der Waals surface area contributed by atoms with Gasteiger partial charge in [0.05, 0.1) is 25.9 Å². The van der Waals surface area contributed by atoms with Crippen LogP contribution in [0.4, 0.5) is 11.6 Å². The van der Waals surface area contributed by atoms with Crippen LogP contribution >= 0.6 is 37.2 Å². The fraction of sp³-hybridized carbons (Fsp3) is 0.565. The minimum Gasteiger partial charge on any atom is -0.382 e. The van der Waals surface area contributed by atoms with Gasteiger partial charge >= 0.3 is 13.6 Å². The molecule has 3 aliphatic rings. The van der Waals surface area contributed by atoms with Crippen molar-refractivity contribution in [3.05, 3.63) is 25.3 Å². The van der Waals surface area contributed by atoms with Crippen molar-refractivity contribution in [2.45, 2.75) is 68.8 Å². The number of aromatic nitrogens is 8. The Morgan fingerprint density at radius 1 is 0.800 bits per heavy atom. The number of rotatable bonds is 4. The van der Waals surface area contributed by atoms with Gasteiger partial charge in [0, 0.05) is 18.1 Å². The van der Waals surface area contributed by atoms with Crippen molar-refractivity contribution in [3.8, 4) is 0 Å². The van der Waals surface area contributed by atoms with E-state index < -0.39 is 50.5 Å². The molecule has 3 fully saturated rings. The van der Waals surface area contributed by atoms with Gasteiger partial charge in [0.1, 0.15) is 60.6 Å². The largest absolute Gasteiger partial charge is 0.389 e. The molecule has 8 atom stereocenters. The fourth-order valence-electron chi connectivity index (χ4n) is 5.47. The maximum absolute atomic E-state index is 14.3. The molecule has 0 saturated carbocycles. The summed E-state index contributed by atoms with van der Waals surface area (Å²) in [7, 11) is 0. The summed E-state index contributed by atoms with van der Waals surface area (Å²) in [6, 6.07) is 0. The quantitative estimate of drug-likeness (QED) is 0.204. The second-order valence-electron chi connectivity index (χ2n) is 10.8. The summed E-state index contributed by atoms with van der Waals surface area (Å²) in [5.74, 6) is 0.435. The van der Waals surface area contributed by atoms with Gasteiger partial charge in [-0.25, -0.2) is 39.0 Å².